The molecule has 0 saturated carbocycles. The van der Waals surface area contributed by atoms with Crippen LogP contribution < -0.4 is 5.73 Å². The maximum atomic E-state index is 12.4. The molecule has 1 aromatic rings. The summed E-state index contributed by atoms with van der Waals surface area (Å²) in [7, 11) is 0. The predicted octanol–water partition coefficient (Wildman–Crippen LogP) is 3.74. The first-order valence-electron chi connectivity index (χ1n) is 4.57. The Labute approximate surface area is 93.2 Å². The van der Waals surface area contributed by atoms with Gasteiger partial charge in [-0.3, -0.25) is 0 Å². The van der Waals surface area contributed by atoms with Gasteiger partial charge < -0.3 is 5.73 Å². The van der Waals surface area contributed by atoms with Crippen molar-refractivity contribution >= 4 is 0 Å². The smallest absolute Gasteiger partial charge is 0.324 e. The molecule has 7 heteroatoms. The Morgan fingerprint density at radius 3 is 1.47 bits per heavy atom. The van der Waals surface area contributed by atoms with E-state index in [1.165, 1.54) is 6.92 Å². The fourth-order valence-electron chi connectivity index (χ4n) is 1.24. The lowest BCUT2D eigenvalue weighted by Gasteiger charge is -2.15. The van der Waals surface area contributed by atoms with Crippen molar-refractivity contribution in [3.63, 3.8) is 0 Å². The van der Waals surface area contributed by atoms with Gasteiger partial charge in [-0.25, -0.2) is 0 Å². The van der Waals surface area contributed by atoms with Gasteiger partial charge in [-0.1, -0.05) is 0 Å². The van der Waals surface area contributed by atoms with E-state index >= 15 is 0 Å². The van der Waals surface area contributed by atoms with E-state index in [9.17, 15) is 26.3 Å². The van der Waals surface area contributed by atoms with Gasteiger partial charge in [0.1, 0.15) is 0 Å². The van der Waals surface area contributed by atoms with Crippen LogP contribution in [0.15, 0.2) is 18.2 Å². The minimum Gasteiger partial charge on any atom is -0.324 e. The summed E-state index contributed by atoms with van der Waals surface area (Å²) in [5.74, 6) is 0. The monoisotopic (exact) mass is 257 g/mol. The second kappa shape index (κ2) is 4.21. The number of rotatable bonds is 1. The summed E-state index contributed by atoms with van der Waals surface area (Å²) in [6.45, 7) is 1.32. The first-order chi connectivity index (χ1) is 7.51. The third kappa shape index (κ3) is 3.36. The van der Waals surface area contributed by atoms with Gasteiger partial charge in [-0.15, -0.1) is 0 Å². The first-order valence-corrected chi connectivity index (χ1v) is 4.57. The molecule has 0 spiro atoms. The summed E-state index contributed by atoms with van der Waals surface area (Å²) in [6, 6.07) is 0.421. The molecule has 0 amide bonds. The van der Waals surface area contributed by atoms with Gasteiger partial charge in [0.05, 0.1) is 11.1 Å². The van der Waals surface area contributed by atoms with Crippen molar-refractivity contribution in [2.75, 3.05) is 0 Å². The molecule has 0 saturated heterocycles. The number of halogens is 6. The van der Waals surface area contributed by atoms with Crippen LogP contribution in [0.2, 0.25) is 0 Å². The lowest BCUT2D eigenvalue weighted by Crippen LogP contribution is -2.14. The fraction of sp³-hybridized carbons (Fsp3) is 0.400. The summed E-state index contributed by atoms with van der Waals surface area (Å²) in [4.78, 5) is 0. The minimum absolute atomic E-state index is 0.0753. The first kappa shape index (κ1) is 13.8. The molecule has 1 nitrogen and oxygen atoms in total. The lowest BCUT2D eigenvalue weighted by molar-refractivity contribution is -0.143. The summed E-state index contributed by atoms with van der Waals surface area (Å²) < 4.78 is 74.3. The molecular formula is C10H9F6N. The molecule has 1 aromatic carbocycles. The third-order valence-electron chi connectivity index (χ3n) is 2.14. The van der Waals surface area contributed by atoms with Crippen LogP contribution in [0.3, 0.4) is 0 Å². The van der Waals surface area contributed by atoms with Gasteiger partial charge in [-0.2, -0.15) is 26.3 Å². The summed E-state index contributed by atoms with van der Waals surface area (Å²) >= 11 is 0. The number of benzene rings is 1. The van der Waals surface area contributed by atoms with Crippen molar-refractivity contribution in [2.45, 2.75) is 25.3 Å². The van der Waals surface area contributed by atoms with E-state index in [4.69, 9.17) is 5.73 Å². The van der Waals surface area contributed by atoms with E-state index in [1.54, 1.807) is 0 Å². The average Bonchev–Trinajstić information content (AvgIpc) is 2.14. The SMILES string of the molecule is C[C@@H](N)c1cc(C(F)(F)F)cc(C(F)(F)F)c1. The lowest BCUT2D eigenvalue weighted by atomic mass is 10.0. The van der Waals surface area contributed by atoms with E-state index in [0.717, 1.165) is 0 Å². The van der Waals surface area contributed by atoms with Crippen LogP contribution >= 0.6 is 0 Å². The van der Waals surface area contributed by atoms with Crippen molar-refractivity contribution in [3.8, 4) is 0 Å². The molecule has 1 atom stereocenters. The molecule has 0 aromatic heterocycles. The molecule has 96 valence electrons. The highest BCUT2D eigenvalue weighted by atomic mass is 19.4. The Kier molecular flexibility index (Phi) is 3.42. The molecule has 17 heavy (non-hydrogen) atoms. The molecule has 1 rings (SSSR count). The quantitative estimate of drug-likeness (QED) is 0.762. The molecule has 0 unspecified atom stereocenters. The van der Waals surface area contributed by atoms with E-state index in [1.807, 2.05) is 0 Å². The molecule has 0 fully saturated rings. The van der Waals surface area contributed by atoms with Crippen LogP contribution in [0.1, 0.15) is 29.7 Å². The van der Waals surface area contributed by atoms with Crippen molar-refractivity contribution in [2.24, 2.45) is 5.73 Å². The van der Waals surface area contributed by atoms with Crippen molar-refractivity contribution in [3.05, 3.63) is 34.9 Å². The second-order valence-corrected chi connectivity index (χ2v) is 3.63. The summed E-state index contributed by atoms with van der Waals surface area (Å²) in [5.41, 5.74) is 2.41. The molecule has 0 heterocycles. The van der Waals surface area contributed by atoms with E-state index in [-0.39, 0.29) is 11.6 Å². The predicted molar refractivity (Wildman–Crippen MR) is 49.0 cm³/mol. The Morgan fingerprint density at radius 2 is 1.24 bits per heavy atom. The Morgan fingerprint density at radius 1 is 0.882 bits per heavy atom. The van der Waals surface area contributed by atoms with Crippen LogP contribution in [0.4, 0.5) is 26.3 Å². The van der Waals surface area contributed by atoms with Crippen molar-refractivity contribution in [1.29, 1.82) is 0 Å². The van der Waals surface area contributed by atoms with Crippen LogP contribution in [0.25, 0.3) is 0 Å². The van der Waals surface area contributed by atoms with Crippen molar-refractivity contribution in [1.82, 2.24) is 0 Å². The highest BCUT2D eigenvalue weighted by Gasteiger charge is 2.37. The van der Waals surface area contributed by atoms with E-state index in [2.05, 4.69) is 0 Å². The maximum absolute atomic E-state index is 12.4. The molecule has 0 radical (unpaired) electrons. The van der Waals surface area contributed by atoms with E-state index in [0.29, 0.717) is 12.1 Å². The topological polar surface area (TPSA) is 26.0 Å². The Hall–Kier alpha value is -1.24. The molecule has 0 aliphatic rings. The standard InChI is InChI=1S/C10H9F6N/c1-5(17)6-2-7(9(11,12)13)4-8(3-6)10(14,15)16/h2-5H,17H2,1H3/t5-/m1/s1. The largest absolute Gasteiger partial charge is 0.416 e. The van der Waals surface area contributed by atoms with Crippen LogP contribution in [0, 0.1) is 0 Å². The van der Waals surface area contributed by atoms with E-state index < -0.39 is 29.5 Å². The van der Waals surface area contributed by atoms with Crippen LogP contribution in [0.5, 0.6) is 0 Å². The fourth-order valence-corrected chi connectivity index (χ4v) is 1.24. The molecular weight excluding hydrogens is 248 g/mol. The molecule has 0 aliphatic heterocycles. The molecule has 2 N–H and O–H groups in total. The van der Waals surface area contributed by atoms with Gasteiger partial charge in [0, 0.05) is 6.04 Å². The zero-order valence-corrected chi connectivity index (χ0v) is 8.65. The Bertz CT molecular complexity index is 372. The van der Waals surface area contributed by atoms with Gasteiger partial charge in [0.2, 0.25) is 0 Å². The van der Waals surface area contributed by atoms with Crippen molar-refractivity contribution < 1.29 is 26.3 Å². The number of hydrogen-bond acceptors (Lipinski definition) is 1. The average molecular weight is 257 g/mol. The second-order valence-electron chi connectivity index (χ2n) is 3.63. The van der Waals surface area contributed by atoms with Gasteiger partial charge >= 0.3 is 12.4 Å². The van der Waals surface area contributed by atoms with Gasteiger partial charge in [0.25, 0.3) is 0 Å². The van der Waals surface area contributed by atoms with Crippen LogP contribution in [-0.2, 0) is 12.4 Å². The zero-order valence-electron chi connectivity index (χ0n) is 8.65. The van der Waals surface area contributed by atoms with Crippen LogP contribution in [-0.4, -0.2) is 0 Å². The zero-order chi connectivity index (χ0) is 13.4. The maximum Gasteiger partial charge on any atom is 0.416 e. The molecule has 0 bridgehead atoms. The minimum atomic E-state index is -4.83. The number of nitrogens with two attached hydrogens (primary N) is 1. The normalized spacial score (nSPS) is 14.8. The number of hydrogen-bond donors (Lipinski definition) is 1. The highest BCUT2D eigenvalue weighted by molar-refractivity contribution is 5.34. The Balaban J connectivity index is 3.40. The summed E-state index contributed by atoms with van der Waals surface area (Å²) in [6.07, 6.45) is -9.66. The molecule has 0 aliphatic carbocycles. The summed E-state index contributed by atoms with van der Waals surface area (Å²) in [5, 5.41) is 0. The van der Waals surface area contributed by atoms with Gasteiger partial charge in [0.15, 0.2) is 0 Å². The number of alkyl halides is 6. The highest BCUT2D eigenvalue weighted by Crippen LogP contribution is 2.37. The third-order valence-corrected chi connectivity index (χ3v) is 2.14. The van der Waals surface area contributed by atoms with Gasteiger partial charge in [-0.05, 0) is 30.7 Å².